The van der Waals surface area contributed by atoms with E-state index in [0.717, 1.165) is 18.2 Å². The van der Waals surface area contributed by atoms with Gasteiger partial charge in [0.25, 0.3) is 22.8 Å². The number of benzene rings is 2. The molecule has 14 heteroatoms. The number of pyridine rings is 1. The molecule has 0 aliphatic rings. The van der Waals surface area contributed by atoms with Crippen LogP contribution in [0.15, 0.2) is 76.9 Å². The van der Waals surface area contributed by atoms with E-state index in [0.29, 0.717) is 0 Å². The van der Waals surface area contributed by atoms with E-state index < -0.39 is 27.4 Å². The summed E-state index contributed by atoms with van der Waals surface area (Å²) >= 11 is 0. The molecule has 0 fully saturated rings. The minimum Gasteiger partial charge on any atom is -0.382 e. The molecule has 180 valence electrons. The second-order valence-corrected chi connectivity index (χ2v) is 7.30. The standard InChI is InChI=1S/C22H15N7O7/c30-20(12-1-3-14(4-2-12)28(33)34)18(26-27-21(31)13-7-9-23-10-8-13)19-22(32)25-17-11-15(29(35)36)5-6-16(17)24-19/h1-11,20,30H,(H,25,32)(H,27,31)/b26-18-/t20-/m0/s1. The molecule has 36 heavy (non-hydrogen) atoms. The zero-order chi connectivity index (χ0) is 25.8. The van der Waals surface area contributed by atoms with Crippen molar-refractivity contribution in [2.45, 2.75) is 6.10 Å². The van der Waals surface area contributed by atoms with Crippen LogP contribution < -0.4 is 11.0 Å². The van der Waals surface area contributed by atoms with Crippen molar-refractivity contribution in [1.29, 1.82) is 0 Å². The van der Waals surface area contributed by atoms with Crippen LogP contribution in [0.5, 0.6) is 0 Å². The molecule has 0 unspecified atom stereocenters. The third-order valence-corrected chi connectivity index (χ3v) is 5.03. The number of rotatable bonds is 7. The maximum atomic E-state index is 12.9. The van der Waals surface area contributed by atoms with Gasteiger partial charge in [0.15, 0.2) is 5.69 Å². The van der Waals surface area contributed by atoms with Crippen LogP contribution in [0.25, 0.3) is 11.0 Å². The summed E-state index contributed by atoms with van der Waals surface area (Å²) in [5.41, 5.74) is 0.718. The molecular weight excluding hydrogens is 474 g/mol. The first-order valence-corrected chi connectivity index (χ1v) is 10.1. The maximum Gasteiger partial charge on any atom is 0.276 e. The minimum atomic E-state index is -1.63. The number of aliphatic hydroxyl groups excluding tert-OH is 1. The first-order valence-electron chi connectivity index (χ1n) is 10.1. The molecule has 0 bridgehead atoms. The van der Waals surface area contributed by atoms with E-state index in [1.807, 2.05) is 0 Å². The molecule has 3 N–H and O–H groups in total. The molecule has 1 atom stereocenters. The van der Waals surface area contributed by atoms with Gasteiger partial charge in [0.1, 0.15) is 11.8 Å². The van der Waals surface area contributed by atoms with E-state index in [9.17, 15) is 34.9 Å². The second kappa shape index (κ2) is 9.86. The van der Waals surface area contributed by atoms with Crippen LogP contribution in [0, 0.1) is 20.2 Å². The van der Waals surface area contributed by atoms with E-state index in [1.165, 1.54) is 48.8 Å². The number of hydrogen-bond donors (Lipinski definition) is 3. The summed E-state index contributed by atoms with van der Waals surface area (Å²) in [6, 6.07) is 11.3. The van der Waals surface area contributed by atoms with Crippen molar-refractivity contribution in [3.05, 3.63) is 114 Å². The summed E-state index contributed by atoms with van der Waals surface area (Å²) in [5, 5.41) is 36.9. The van der Waals surface area contributed by atoms with Crippen molar-refractivity contribution in [2.75, 3.05) is 0 Å². The highest BCUT2D eigenvalue weighted by Crippen LogP contribution is 2.22. The van der Waals surface area contributed by atoms with Gasteiger partial charge in [-0.2, -0.15) is 5.10 Å². The molecule has 2 aromatic carbocycles. The van der Waals surface area contributed by atoms with E-state index in [2.05, 4.69) is 25.5 Å². The Labute approximate surface area is 200 Å². The number of nitrogens with zero attached hydrogens (tertiary/aromatic N) is 5. The predicted molar refractivity (Wildman–Crippen MR) is 125 cm³/mol. The molecule has 0 aliphatic heterocycles. The summed E-state index contributed by atoms with van der Waals surface area (Å²) < 4.78 is 0. The van der Waals surface area contributed by atoms with E-state index in [1.54, 1.807) is 0 Å². The van der Waals surface area contributed by atoms with Gasteiger partial charge in [-0.05, 0) is 35.9 Å². The van der Waals surface area contributed by atoms with Crippen molar-refractivity contribution in [3.8, 4) is 0 Å². The van der Waals surface area contributed by atoms with Crippen molar-refractivity contribution in [1.82, 2.24) is 20.4 Å². The van der Waals surface area contributed by atoms with Crippen molar-refractivity contribution < 1.29 is 19.7 Å². The Morgan fingerprint density at radius 1 is 1.00 bits per heavy atom. The number of aliphatic hydroxyl groups is 1. The Balaban J connectivity index is 1.80. The molecule has 2 aromatic heterocycles. The molecule has 4 rings (SSSR count). The molecule has 14 nitrogen and oxygen atoms in total. The Hall–Kier alpha value is -5.37. The zero-order valence-electron chi connectivity index (χ0n) is 18.1. The Kier molecular flexibility index (Phi) is 6.51. The Morgan fingerprint density at radius 3 is 2.28 bits per heavy atom. The summed E-state index contributed by atoms with van der Waals surface area (Å²) in [6.45, 7) is 0. The van der Waals surface area contributed by atoms with Gasteiger partial charge in [0, 0.05) is 42.2 Å². The molecule has 4 aromatic rings. The number of carbonyl (C=O) groups excluding carboxylic acids is 1. The number of non-ortho nitro benzene ring substituents is 2. The lowest BCUT2D eigenvalue weighted by atomic mass is 10.0. The first kappa shape index (κ1) is 23.8. The topological polar surface area (TPSA) is 207 Å². The summed E-state index contributed by atoms with van der Waals surface area (Å²) in [6.07, 6.45) is 1.15. The van der Waals surface area contributed by atoms with Crippen molar-refractivity contribution in [3.63, 3.8) is 0 Å². The number of fused-ring (bicyclic) bond motifs is 1. The number of H-pyrrole nitrogens is 1. The fourth-order valence-corrected chi connectivity index (χ4v) is 3.22. The summed E-state index contributed by atoms with van der Waals surface area (Å²) in [5.74, 6) is -0.668. The maximum absolute atomic E-state index is 12.9. The molecule has 1 amide bonds. The van der Waals surface area contributed by atoms with Gasteiger partial charge < -0.3 is 10.1 Å². The molecular formula is C22H15N7O7. The van der Waals surface area contributed by atoms with Crippen molar-refractivity contribution in [2.24, 2.45) is 5.10 Å². The van der Waals surface area contributed by atoms with Gasteiger partial charge in [-0.3, -0.25) is 34.8 Å². The lowest BCUT2D eigenvalue weighted by Gasteiger charge is -2.14. The highest BCUT2D eigenvalue weighted by atomic mass is 16.6. The fraction of sp³-hybridized carbons (Fsp3) is 0.0455. The average Bonchev–Trinajstić information content (AvgIpc) is 2.88. The fourth-order valence-electron chi connectivity index (χ4n) is 3.22. The number of hydrazone groups is 1. The number of nitro benzene ring substituents is 2. The Bertz CT molecular complexity index is 1570. The molecule has 0 spiro atoms. The zero-order valence-corrected chi connectivity index (χ0v) is 18.1. The molecule has 0 radical (unpaired) electrons. The highest BCUT2D eigenvalue weighted by Gasteiger charge is 2.24. The lowest BCUT2D eigenvalue weighted by molar-refractivity contribution is -0.385. The van der Waals surface area contributed by atoms with Gasteiger partial charge in [-0.25, -0.2) is 10.4 Å². The van der Waals surface area contributed by atoms with E-state index in [-0.39, 0.29) is 44.9 Å². The van der Waals surface area contributed by atoms with Gasteiger partial charge >= 0.3 is 0 Å². The average molecular weight is 489 g/mol. The number of aromatic amines is 1. The van der Waals surface area contributed by atoms with Gasteiger partial charge in [0.2, 0.25) is 0 Å². The third-order valence-electron chi connectivity index (χ3n) is 5.03. The third kappa shape index (κ3) is 4.92. The molecule has 0 saturated carbocycles. The van der Waals surface area contributed by atoms with Crippen LogP contribution in [0.1, 0.15) is 27.7 Å². The SMILES string of the molecule is O=C(N/N=C(/c1nc2ccc([N+](=O)[O-])cc2[nH]c1=O)[C@@H](O)c1ccc([N+](=O)[O-])cc1)c1ccncc1. The number of aromatic nitrogens is 3. The second-order valence-electron chi connectivity index (χ2n) is 7.30. The van der Waals surface area contributed by atoms with E-state index in [4.69, 9.17) is 0 Å². The first-order chi connectivity index (χ1) is 17.2. The number of amides is 1. The quantitative estimate of drug-likeness (QED) is 0.197. The number of nitro groups is 2. The minimum absolute atomic E-state index is 0.0722. The highest BCUT2D eigenvalue weighted by molar-refractivity contribution is 6.04. The van der Waals surface area contributed by atoms with Gasteiger partial charge in [-0.15, -0.1) is 0 Å². The van der Waals surface area contributed by atoms with Crippen LogP contribution >= 0.6 is 0 Å². The van der Waals surface area contributed by atoms with Crippen LogP contribution in [-0.4, -0.2) is 41.5 Å². The smallest absolute Gasteiger partial charge is 0.276 e. The molecule has 0 aliphatic carbocycles. The monoisotopic (exact) mass is 489 g/mol. The van der Waals surface area contributed by atoms with Crippen LogP contribution in [-0.2, 0) is 0 Å². The van der Waals surface area contributed by atoms with E-state index >= 15 is 0 Å². The van der Waals surface area contributed by atoms with Gasteiger partial charge in [-0.1, -0.05) is 0 Å². The van der Waals surface area contributed by atoms with Crippen molar-refractivity contribution >= 4 is 34.0 Å². The molecule has 2 heterocycles. The largest absolute Gasteiger partial charge is 0.382 e. The summed E-state index contributed by atoms with van der Waals surface area (Å²) in [7, 11) is 0. The van der Waals surface area contributed by atoms with Crippen LogP contribution in [0.4, 0.5) is 11.4 Å². The predicted octanol–water partition coefficient (Wildman–Crippen LogP) is 2.00. The number of hydrogen-bond acceptors (Lipinski definition) is 10. The molecule has 0 saturated heterocycles. The van der Waals surface area contributed by atoms with Crippen LogP contribution in [0.2, 0.25) is 0 Å². The Morgan fingerprint density at radius 2 is 1.64 bits per heavy atom. The van der Waals surface area contributed by atoms with Crippen LogP contribution in [0.3, 0.4) is 0 Å². The van der Waals surface area contributed by atoms with Gasteiger partial charge in [0.05, 0.1) is 20.9 Å². The number of nitrogens with one attached hydrogen (secondary N) is 2. The normalized spacial score (nSPS) is 12.2. The number of carbonyl (C=O) groups is 1. The summed E-state index contributed by atoms with van der Waals surface area (Å²) in [4.78, 5) is 56.6. The lowest BCUT2D eigenvalue weighted by Crippen LogP contribution is -2.29.